The van der Waals surface area contributed by atoms with Crippen LogP contribution in [-0.2, 0) is 0 Å². The summed E-state index contributed by atoms with van der Waals surface area (Å²) in [6, 6.07) is 0. The van der Waals surface area contributed by atoms with E-state index in [2.05, 4.69) is 18.0 Å². The van der Waals surface area contributed by atoms with Gasteiger partial charge in [0.1, 0.15) is 0 Å². The summed E-state index contributed by atoms with van der Waals surface area (Å²) in [4.78, 5) is 0. The maximum atomic E-state index is 3.68. The van der Waals surface area contributed by atoms with Crippen LogP contribution in [-0.4, -0.2) is 13.1 Å². The number of hydrogen-bond donors (Lipinski definition) is 1. The van der Waals surface area contributed by atoms with Gasteiger partial charge in [0, 0.05) is 6.54 Å². The van der Waals surface area contributed by atoms with Gasteiger partial charge in [-0.2, -0.15) is 0 Å². The third-order valence-electron chi connectivity index (χ3n) is 1.78. The Labute approximate surface area is 62.8 Å². The van der Waals surface area contributed by atoms with Crippen molar-refractivity contribution >= 4 is 0 Å². The van der Waals surface area contributed by atoms with Gasteiger partial charge >= 0.3 is 0 Å². The summed E-state index contributed by atoms with van der Waals surface area (Å²) in [7, 11) is 0. The molecule has 0 radical (unpaired) electrons. The molecule has 1 rings (SSSR count). The highest BCUT2D eigenvalue weighted by molar-refractivity contribution is 5.08. The Morgan fingerprint density at radius 3 is 3.00 bits per heavy atom. The normalized spacial score (nSPS) is 21.8. The number of nitrogens with one attached hydrogen (secondary N) is 1. The molecule has 0 spiro atoms. The van der Waals surface area contributed by atoms with Crippen molar-refractivity contribution in [2.24, 2.45) is 0 Å². The van der Waals surface area contributed by atoms with Crippen LogP contribution < -0.4 is 5.32 Å². The first-order valence-corrected chi connectivity index (χ1v) is 3.93. The predicted molar refractivity (Wildman–Crippen MR) is 45.0 cm³/mol. The molecule has 0 amide bonds. The molecular formula is C9H15N. The first kappa shape index (κ1) is 7.55. The van der Waals surface area contributed by atoms with E-state index in [0.717, 1.165) is 13.0 Å². The SMILES string of the molecule is C=CCC/C=C1/CCNC1. The van der Waals surface area contributed by atoms with Gasteiger partial charge in [0.2, 0.25) is 0 Å². The highest BCUT2D eigenvalue weighted by Gasteiger charge is 2.02. The van der Waals surface area contributed by atoms with Crippen molar-refractivity contribution in [3.8, 4) is 0 Å². The predicted octanol–water partition coefficient (Wildman–Crippen LogP) is 1.87. The van der Waals surface area contributed by atoms with E-state index in [1.54, 1.807) is 5.57 Å². The van der Waals surface area contributed by atoms with Crippen LogP contribution in [0.3, 0.4) is 0 Å². The highest BCUT2D eigenvalue weighted by atomic mass is 14.9. The van der Waals surface area contributed by atoms with Gasteiger partial charge in [-0.1, -0.05) is 17.7 Å². The fraction of sp³-hybridized carbons (Fsp3) is 0.556. The fourth-order valence-corrected chi connectivity index (χ4v) is 1.17. The van der Waals surface area contributed by atoms with Gasteiger partial charge in [0.25, 0.3) is 0 Å². The van der Waals surface area contributed by atoms with Crippen molar-refractivity contribution in [3.63, 3.8) is 0 Å². The van der Waals surface area contributed by atoms with Crippen LogP contribution in [0.2, 0.25) is 0 Å². The lowest BCUT2D eigenvalue weighted by Crippen LogP contribution is -2.04. The quantitative estimate of drug-likeness (QED) is 0.462. The Balaban J connectivity index is 2.18. The first-order chi connectivity index (χ1) is 4.93. The van der Waals surface area contributed by atoms with Gasteiger partial charge < -0.3 is 5.32 Å². The Bertz CT molecular complexity index is 128. The number of hydrogen-bond acceptors (Lipinski definition) is 1. The van der Waals surface area contributed by atoms with E-state index in [1.807, 2.05) is 6.08 Å². The summed E-state index contributed by atoms with van der Waals surface area (Å²) in [6.45, 7) is 5.95. The maximum Gasteiger partial charge on any atom is 0.0165 e. The molecule has 1 aliphatic rings. The minimum Gasteiger partial charge on any atom is -0.313 e. The molecule has 1 aliphatic heterocycles. The standard InChI is InChI=1S/C9H15N/c1-2-3-4-5-9-6-7-10-8-9/h2,5,10H,1,3-4,6-8H2/b9-5-. The minimum atomic E-state index is 1.11. The average Bonchev–Trinajstić information content (AvgIpc) is 2.41. The van der Waals surface area contributed by atoms with Crippen molar-refractivity contribution in [1.29, 1.82) is 0 Å². The van der Waals surface area contributed by atoms with Gasteiger partial charge in [-0.15, -0.1) is 6.58 Å². The second-order valence-electron chi connectivity index (χ2n) is 2.66. The van der Waals surface area contributed by atoms with E-state index in [4.69, 9.17) is 0 Å². The molecule has 0 saturated carbocycles. The van der Waals surface area contributed by atoms with Gasteiger partial charge in [-0.05, 0) is 25.8 Å². The topological polar surface area (TPSA) is 12.0 Å². The fourth-order valence-electron chi connectivity index (χ4n) is 1.17. The molecule has 1 saturated heterocycles. The van der Waals surface area contributed by atoms with Crippen LogP contribution in [0.5, 0.6) is 0 Å². The molecule has 0 bridgehead atoms. The lowest BCUT2D eigenvalue weighted by Gasteiger charge is -1.91. The zero-order valence-electron chi connectivity index (χ0n) is 6.40. The monoisotopic (exact) mass is 137 g/mol. The molecule has 0 unspecified atom stereocenters. The Morgan fingerprint density at radius 2 is 2.40 bits per heavy atom. The maximum absolute atomic E-state index is 3.68. The van der Waals surface area contributed by atoms with E-state index in [0.29, 0.717) is 0 Å². The smallest absolute Gasteiger partial charge is 0.0165 e. The molecule has 1 fully saturated rings. The molecule has 0 aromatic rings. The second kappa shape index (κ2) is 4.29. The number of rotatable bonds is 3. The number of unbranched alkanes of at least 4 members (excludes halogenated alkanes) is 1. The molecular weight excluding hydrogens is 122 g/mol. The molecule has 10 heavy (non-hydrogen) atoms. The van der Waals surface area contributed by atoms with Gasteiger partial charge in [0.05, 0.1) is 0 Å². The summed E-state index contributed by atoms with van der Waals surface area (Å²) in [6.07, 6.45) is 7.84. The first-order valence-electron chi connectivity index (χ1n) is 3.93. The third kappa shape index (κ3) is 2.36. The van der Waals surface area contributed by atoms with Crippen LogP contribution in [0.4, 0.5) is 0 Å². The minimum absolute atomic E-state index is 1.11. The lowest BCUT2D eigenvalue weighted by atomic mass is 10.2. The summed E-state index contributed by atoms with van der Waals surface area (Å²) < 4.78 is 0. The summed E-state index contributed by atoms with van der Waals surface area (Å²) >= 11 is 0. The van der Waals surface area contributed by atoms with Gasteiger partial charge in [-0.3, -0.25) is 0 Å². The molecule has 1 heteroatoms. The van der Waals surface area contributed by atoms with Crippen molar-refractivity contribution in [2.75, 3.05) is 13.1 Å². The van der Waals surface area contributed by atoms with E-state index < -0.39 is 0 Å². The summed E-state index contributed by atoms with van der Waals surface area (Å²) in [5.41, 5.74) is 1.57. The Hall–Kier alpha value is -0.560. The summed E-state index contributed by atoms with van der Waals surface area (Å²) in [5, 5.41) is 3.31. The largest absolute Gasteiger partial charge is 0.313 e. The van der Waals surface area contributed by atoms with Crippen molar-refractivity contribution < 1.29 is 0 Å². The van der Waals surface area contributed by atoms with E-state index >= 15 is 0 Å². The van der Waals surface area contributed by atoms with E-state index in [-0.39, 0.29) is 0 Å². The number of allylic oxidation sites excluding steroid dienone is 2. The lowest BCUT2D eigenvalue weighted by molar-refractivity contribution is 0.862. The molecule has 1 heterocycles. The molecule has 0 atom stereocenters. The molecule has 1 N–H and O–H groups in total. The zero-order valence-corrected chi connectivity index (χ0v) is 6.40. The van der Waals surface area contributed by atoms with Crippen molar-refractivity contribution in [2.45, 2.75) is 19.3 Å². The van der Waals surface area contributed by atoms with Crippen LogP contribution in [0.25, 0.3) is 0 Å². The van der Waals surface area contributed by atoms with Crippen LogP contribution in [0.15, 0.2) is 24.3 Å². The Morgan fingerprint density at radius 1 is 1.50 bits per heavy atom. The molecule has 0 aliphatic carbocycles. The Kier molecular flexibility index (Phi) is 3.23. The van der Waals surface area contributed by atoms with E-state index in [1.165, 1.54) is 19.4 Å². The van der Waals surface area contributed by atoms with Crippen molar-refractivity contribution in [3.05, 3.63) is 24.3 Å². The summed E-state index contributed by atoms with van der Waals surface area (Å²) in [5.74, 6) is 0. The van der Waals surface area contributed by atoms with E-state index in [9.17, 15) is 0 Å². The van der Waals surface area contributed by atoms with Gasteiger partial charge in [-0.25, -0.2) is 0 Å². The molecule has 56 valence electrons. The highest BCUT2D eigenvalue weighted by Crippen LogP contribution is 2.07. The van der Waals surface area contributed by atoms with Gasteiger partial charge in [0.15, 0.2) is 0 Å². The average molecular weight is 137 g/mol. The zero-order chi connectivity index (χ0) is 7.23. The molecule has 1 nitrogen and oxygen atoms in total. The van der Waals surface area contributed by atoms with Crippen LogP contribution in [0.1, 0.15) is 19.3 Å². The van der Waals surface area contributed by atoms with Crippen molar-refractivity contribution in [1.82, 2.24) is 5.32 Å². The molecule has 0 aromatic heterocycles. The van der Waals surface area contributed by atoms with Crippen LogP contribution >= 0.6 is 0 Å². The van der Waals surface area contributed by atoms with Crippen LogP contribution in [0, 0.1) is 0 Å². The third-order valence-corrected chi connectivity index (χ3v) is 1.78. The second-order valence-corrected chi connectivity index (χ2v) is 2.66. The molecule has 0 aromatic carbocycles.